The average molecular weight is 279 g/mol. The molecule has 0 amide bonds. The molecular weight excluding hydrogens is 262 g/mol. The van der Waals surface area contributed by atoms with Gasteiger partial charge in [-0.1, -0.05) is 6.92 Å². The van der Waals surface area contributed by atoms with Crippen LogP contribution in [0.4, 0.5) is 0 Å². The first-order chi connectivity index (χ1) is 9.19. The molecule has 1 N–H and O–H groups in total. The van der Waals surface area contributed by atoms with Gasteiger partial charge in [0.2, 0.25) is 0 Å². The number of hydrogen-bond acceptors (Lipinski definition) is 4. The molecule has 0 aliphatic carbocycles. The van der Waals surface area contributed by atoms with Crippen molar-refractivity contribution >= 4 is 22.3 Å². The topological polar surface area (TPSA) is 57.8 Å². The third kappa shape index (κ3) is 2.26. The molecule has 5 nitrogen and oxygen atoms in total. The molecule has 0 bridgehead atoms. The highest BCUT2D eigenvalue weighted by Crippen LogP contribution is 2.26. The van der Waals surface area contributed by atoms with E-state index in [1.54, 1.807) is 0 Å². The van der Waals surface area contributed by atoms with Gasteiger partial charge >= 0.3 is 5.97 Å². The van der Waals surface area contributed by atoms with Crippen LogP contribution in [-0.4, -0.2) is 38.4 Å². The minimum absolute atomic E-state index is 0.0660. The van der Waals surface area contributed by atoms with Gasteiger partial charge in [0.25, 0.3) is 0 Å². The summed E-state index contributed by atoms with van der Waals surface area (Å²) in [6, 6.07) is 0. The fraction of sp³-hybridized carbons (Fsp3) is 0.538. The Bertz CT molecular complexity index is 617. The van der Waals surface area contributed by atoms with E-state index in [9.17, 15) is 4.79 Å². The predicted octanol–water partition coefficient (Wildman–Crippen LogP) is 1.79. The number of thiazole rings is 1. The molecule has 0 spiro atoms. The van der Waals surface area contributed by atoms with E-state index in [0.717, 1.165) is 48.8 Å². The summed E-state index contributed by atoms with van der Waals surface area (Å²) in [5.41, 5.74) is 3.18. The van der Waals surface area contributed by atoms with Crippen molar-refractivity contribution in [1.29, 1.82) is 0 Å². The number of fused-ring (bicyclic) bond motifs is 3. The zero-order chi connectivity index (χ0) is 13.4. The molecule has 0 unspecified atom stereocenters. The third-order valence-electron chi connectivity index (χ3n) is 3.52. The molecule has 1 aliphatic rings. The smallest absolute Gasteiger partial charge is 0.309 e. The summed E-state index contributed by atoms with van der Waals surface area (Å²) in [5.74, 6) is -0.789. The molecule has 1 aliphatic heterocycles. The van der Waals surface area contributed by atoms with Crippen LogP contribution >= 0.6 is 11.3 Å². The molecule has 3 heterocycles. The largest absolute Gasteiger partial charge is 0.481 e. The number of aromatic nitrogens is 2. The van der Waals surface area contributed by atoms with Crippen LogP contribution in [0.25, 0.3) is 4.96 Å². The summed E-state index contributed by atoms with van der Waals surface area (Å²) in [4.78, 5) is 18.9. The number of imidazole rings is 1. The first-order valence-corrected chi connectivity index (χ1v) is 7.47. The molecule has 19 heavy (non-hydrogen) atoms. The summed E-state index contributed by atoms with van der Waals surface area (Å²) in [7, 11) is 0. The molecule has 2 aromatic rings. The number of hydrogen-bond donors (Lipinski definition) is 1. The van der Waals surface area contributed by atoms with E-state index in [1.807, 2.05) is 5.38 Å². The molecular formula is C13H17N3O2S. The zero-order valence-corrected chi connectivity index (χ0v) is 11.7. The van der Waals surface area contributed by atoms with Crippen molar-refractivity contribution in [2.24, 2.45) is 0 Å². The summed E-state index contributed by atoms with van der Waals surface area (Å²) in [5, 5.41) is 10.9. The van der Waals surface area contributed by atoms with Gasteiger partial charge in [0.1, 0.15) is 0 Å². The van der Waals surface area contributed by atoms with E-state index in [4.69, 9.17) is 5.11 Å². The lowest BCUT2D eigenvalue weighted by Crippen LogP contribution is -2.31. The van der Waals surface area contributed by atoms with Gasteiger partial charge in [-0.15, -0.1) is 11.3 Å². The molecule has 2 aromatic heterocycles. The van der Waals surface area contributed by atoms with E-state index >= 15 is 0 Å². The number of carboxylic acids is 1. The fourth-order valence-corrected chi connectivity index (χ4v) is 3.65. The molecule has 0 fully saturated rings. The molecule has 6 heteroatoms. The van der Waals surface area contributed by atoms with Crippen LogP contribution in [0.15, 0.2) is 5.38 Å². The number of rotatable bonds is 4. The minimum atomic E-state index is -0.789. The first-order valence-electron chi connectivity index (χ1n) is 6.59. The maximum atomic E-state index is 10.9. The average Bonchev–Trinajstić information content (AvgIpc) is 2.89. The van der Waals surface area contributed by atoms with Crippen LogP contribution in [0.3, 0.4) is 0 Å². The van der Waals surface area contributed by atoms with Crippen LogP contribution in [0.1, 0.15) is 30.4 Å². The molecule has 0 saturated carbocycles. The lowest BCUT2D eigenvalue weighted by atomic mass is 10.1. The zero-order valence-electron chi connectivity index (χ0n) is 10.9. The molecule has 0 radical (unpaired) electrons. The quantitative estimate of drug-likeness (QED) is 0.927. The van der Waals surface area contributed by atoms with Crippen LogP contribution in [0, 0.1) is 0 Å². The summed E-state index contributed by atoms with van der Waals surface area (Å²) < 4.78 is 2.05. The first kappa shape index (κ1) is 12.6. The summed E-state index contributed by atoms with van der Waals surface area (Å²) in [6.07, 6.45) is 2.18. The lowest BCUT2D eigenvalue weighted by molar-refractivity contribution is -0.136. The Kier molecular flexibility index (Phi) is 3.28. The van der Waals surface area contributed by atoms with Crippen LogP contribution in [0.5, 0.6) is 0 Å². The SMILES string of the molecule is CCCN1CCc2nc3scc(CC(=O)O)n3c2C1. The van der Waals surface area contributed by atoms with Gasteiger partial charge in [0.15, 0.2) is 4.96 Å². The Balaban J connectivity index is 2.00. The second kappa shape index (κ2) is 4.94. The van der Waals surface area contributed by atoms with Gasteiger partial charge in [0.05, 0.1) is 17.8 Å². The highest BCUT2D eigenvalue weighted by molar-refractivity contribution is 7.15. The normalized spacial score (nSPS) is 15.8. The minimum Gasteiger partial charge on any atom is -0.481 e. The van der Waals surface area contributed by atoms with Gasteiger partial charge in [-0.05, 0) is 13.0 Å². The second-order valence-electron chi connectivity index (χ2n) is 4.95. The van der Waals surface area contributed by atoms with Gasteiger partial charge in [-0.2, -0.15) is 0 Å². The van der Waals surface area contributed by atoms with Crippen molar-refractivity contribution in [2.75, 3.05) is 13.1 Å². The lowest BCUT2D eigenvalue weighted by Gasteiger charge is -2.26. The van der Waals surface area contributed by atoms with E-state index in [2.05, 4.69) is 21.2 Å². The number of aliphatic carboxylic acids is 1. The Labute approximate surface area is 115 Å². The Morgan fingerprint density at radius 2 is 2.42 bits per heavy atom. The van der Waals surface area contributed by atoms with Crippen molar-refractivity contribution in [3.63, 3.8) is 0 Å². The standard InChI is InChI=1S/C13H17N3O2S/c1-2-4-15-5-3-10-11(7-15)16-9(6-12(17)18)8-19-13(16)14-10/h8H,2-7H2,1H3,(H,17,18). The Hall–Kier alpha value is -1.40. The van der Waals surface area contributed by atoms with Crippen molar-refractivity contribution in [3.8, 4) is 0 Å². The maximum Gasteiger partial charge on any atom is 0.309 e. The fourth-order valence-electron chi connectivity index (χ4n) is 2.72. The monoisotopic (exact) mass is 279 g/mol. The molecule has 0 aromatic carbocycles. The van der Waals surface area contributed by atoms with Crippen LogP contribution in [-0.2, 0) is 24.2 Å². The van der Waals surface area contributed by atoms with Crippen molar-refractivity contribution < 1.29 is 9.90 Å². The maximum absolute atomic E-state index is 10.9. The summed E-state index contributed by atoms with van der Waals surface area (Å²) in [6.45, 7) is 5.21. The third-order valence-corrected chi connectivity index (χ3v) is 4.40. The van der Waals surface area contributed by atoms with Crippen molar-refractivity contribution in [1.82, 2.24) is 14.3 Å². The van der Waals surface area contributed by atoms with E-state index in [0.29, 0.717) is 0 Å². The van der Waals surface area contributed by atoms with Crippen LogP contribution < -0.4 is 0 Å². The van der Waals surface area contributed by atoms with E-state index in [1.165, 1.54) is 17.0 Å². The van der Waals surface area contributed by atoms with E-state index < -0.39 is 5.97 Å². The highest BCUT2D eigenvalue weighted by Gasteiger charge is 2.23. The number of carbonyl (C=O) groups is 1. The van der Waals surface area contributed by atoms with Crippen LogP contribution in [0.2, 0.25) is 0 Å². The van der Waals surface area contributed by atoms with Crippen molar-refractivity contribution in [2.45, 2.75) is 32.7 Å². The van der Waals surface area contributed by atoms with Gasteiger partial charge in [-0.3, -0.25) is 14.1 Å². The predicted molar refractivity (Wildman–Crippen MR) is 73.7 cm³/mol. The molecule has 3 rings (SSSR count). The van der Waals surface area contributed by atoms with Gasteiger partial charge in [0, 0.05) is 30.6 Å². The van der Waals surface area contributed by atoms with Crippen molar-refractivity contribution in [3.05, 3.63) is 22.5 Å². The number of nitrogens with zero attached hydrogens (tertiary/aromatic N) is 3. The summed E-state index contributed by atoms with van der Waals surface area (Å²) >= 11 is 1.53. The second-order valence-corrected chi connectivity index (χ2v) is 5.78. The van der Waals surface area contributed by atoms with Gasteiger partial charge < -0.3 is 5.11 Å². The highest BCUT2D eigenvalue weighted by atomic mass is 32.1. The Morgan fingerprint density at radius 1 is 1.58 bits per heavy atom. The molecule has 102 valence electrons. The van der Waals surface area contributed by atoms with Gasteiger partial charge in [-0.25, -0.2) is 4.98 Å². The number of carboxylic acid groups (broad SMARTS) is 1. The van der Waals surface area contributed by atoms with E-state index in [-0.39, 0.29) is 6.42 Å². The molecule has 0 saturated heterocycles. The molecule has 0 atom stereocenters. The Morgan fingerprint density at radius 3 is 3.16 bits per heavy atom.